The van der Waals surface area contributed by atoms with E-state index in [9.17, 15) is 10.0 Å². The van der Waals surface area contributed by atoms with Gasteiger partial charge in [-0.2, -0.15) is 0 Å². The lowest BCUT2D eigenvalue weighted by Gasteiger charge is -2.12. The van der Waals surface area contributed by atoms with Crippen LogP contribution in [-0.2, 0) is 0 Å². The number of fused-ring (bicyclic) bond motifs is 3. The summed E-state index contributed by atoms with van der Waals surface area (Å²) in [5.41, 5.74) is 2.93. The molecule has 0 aromatic heterocycles. The van der Waals surface area contributed by atoms with E-state index in [1.54, 1.807) is 0 Å². The van der Waals surface area contributed by atoms with Crippen molar-refractivity contribution in [3.05, 3.63) is 53.6 Å². The van der Waals surface area contributed by atoms with Gasteiger partial charge in [0.15, 0.2) is 0 Å². The van der Waals surface area contributed by atoms with Crippen LogP contribution in [0.4, 0.5) is 0 Å². The van der Waals surface area contributed by atoms with Crippen LogP contribution in [-0.4, -0.2) is 17.2 Å². The predicted molar refractivity (Wildman–Crippen MR) is 80.8 cm³/mol. The molecule has 0 unspecified atom stereocenters. The summed E-state index contributed by atoms with van der Waals surface area (Å²) in [6.07, 6.45) is 0. The topological polar surface area (TPSA) is 40.5 Å². The second-order valence-corrected chi connectivity index (χ2v) is 5.04. The summed E-state index contributed by atoms with van der Waals surface area (Å²) in [6, 6.07) is 14.0. The minimum absolute atomic E-state index is 0.566. The van der Waals surface area contributed by atoms with Gasteiger partial charge in [0.1, 0.15) is 0 Å². The van der Waals surface area contributed by atoms with Gasteiger partial charge in [0, 0.05) is 0 Å². The van der Waals surface area contributed by atoms with Crippen molar-refractivity contribution in [3.63, 3.8) is 0 Å². The molecule has 2 N–H and O–H groups in total. The van der Waals surface area contributed by atoms with Crippen LogP contribution in [0.5, 0.6) is 0 Å². The van der Waals surface area contributed by atoms with E-state index in [4.69, 9.17) is 0 Å². The molecular formula is C16H15BO2. The molecule has 3 aromatic carbocycles. The van der Waals surface area contributed by atoms with Gasteiger partial charge in [0.2, 0.25) is 0 Å². The summed E-state index contributed by atoms with van der Waals surface area (Å²) in [7, 11) is -1.45. The highest BCUT2D eigenvalue weighted by molar-refractivity contribution is 6.62. The predicted octanol–water partition coefficient (Wildman–Crippen LogP) is 2.29. The molecule has 0 aliphatic heterocycles. The molecule has 3 aromatic rings. The van der Waals surface area contributed by atoms with Crippen LogP contribution in [0.1, 0.15) is 11.1 Å². The Morgan fingerprint density at radius 2 is 1.42 bits per heavy atom. The molecule has 0 saturated heterocycles. The molecule has 0 radical (unpaired) electrons. The van der Waals surface area contributed by atoms with Crippen LogP contribution in [0.2, 0.25) is 0 Å². The first kappa shape index (κ1) is 12.2. The second kappa shape index (κ2) is 4.37. The normalized spacial score (nSPS) is 11.2. The molecule has 0 bridgehead atoms. The quantitative estimate of drug-likeness (QED) is 0.514. The van der Waals surface area contributed by atoms with E-state index in [0.29, 0.717) is 5.46 Å². The molecule has 2 nitrogen and oxygen atoms in total. The summed E-state index contributed by atoms with van der Waals surface area (Å²) < 4.78 is 0. The lowest BCUT2D eigenvalue weighted by Crippen LogP contribution is -2.30. The molecule has 94 valence electrons. The van der Waals surface area contributed by atoms with Crippen LogP contribution in [0.15, 0.2) is 42.5 Å². The Labute approximate surface area is 112 Å². The Morgan fingerprint density at radius 3 is 2.11 bits per heavy atom. The van der Waals surface area contributed by atoms with Gasteiger partial charge in [-0.3, -0.25) is 0 Å². The van der Waals surface area contributed by atoms with Crippen molar-refractivity contribution in [1.29, 1.82) is 0 Å². The molecule has 19 heavy (non-hydrogen) atoms. The van der Waals surface area contributed by atoms with Gasteiger partial charge in [-0.25, -0.2) is 0 Å². The van der Waals surface area contributed by atoms with E-state index >= 15 is 0 Å². The SMILES string of the molecule is Cc1cc2c(B(O)O)cc3ccccc3c2cc1C. The third-order valence-corrected chi connectivity index (χ3v) is 3.79. The molecule has 3 rings (SSSR count). The van der Waals surface area contributed by atoms with Crippen molar-refractivity contribution < 1.29 is 10.0 Å². The third-order valence-electron chi connectivity index (χ3n) is 3.79. The largest absolute Gasteiger partial charge is 0.489 e. The maximum Gasteiger partial charge on any atom is 0.489 e. The lowest BCUT2D eigenvalue weighted by molar-refractivity contribution is 0.426. The number of aryl methyl sites for hydroxylation is 2. The summed E-state index contributed by atoms with van der Waals surface area (Å²) in [5, 5.41) is 23.4. The van der Waals surface area contributed by atoms with Crippen LogP contribution in [0, 0.1) is 13.8 Å². The molecule has 0 aliphatic carbocycles. The minimum Gasteiger partial charge on any atom is -0.423 e. The number of hydrogen-bond acceptors (Lipinski definition) is 2. The van der Waals surface area contributed by atoms with Crippen molar-refractivity contribution >= 4 is 34.1 Å². The first-order valence-electron chi connectivity index (χ1n) is 6.36. The smallest absolute Gasteiger partial charge is 0.423 e. The van der Waals surface area contributed by atoms with Gasteiger partial charge in [-0.1, -0.05) is 42.5 Å². The van der Waals surface area contributed by atoms with E-state index in [1.165, 1.54) is 5.56 Å². The highest BCUT2D eigenvalue weighted by Crippen LogP contribution is 2.26. The molecule has 0 aliphatic rings. The zero-order chi connectivity index (χ0) is 13.6. The molecule has 0 heterocycles. The van der Waals surface area contributed by atoms with E-state index in [2.05, 4.69) is 19.1 Å². The Bertz CT molecular complexity index is 778. The van der Waals surface area contributed by atoms with Gasteiger partial charge < -0.3 is 10.0 Å². The first-order valence-corrected chi connectivity index (χ1v) is 6.36. The summed E-state index contributed by atoms with van der Waals surface area (Å²) in [5.74, 6) is 0. The molecular weight excluding hydrogens is 235 g/mol. The third kappa shape index (κ3) is 1.91. The van der Waals surface area contributed by atoms with Gasteiger partial charge >= 0.3 is 7.12 Å². The van der Waals surface area contributed by atoms with Crippen LogP contribution < -0.4 is 5.46 Å². The van der Waals surface area contributed by atoms with E-state index in [-0.39, 0.29) is 0 Å². The molecule has 3 heteroatoms. The zero-order valence-corrected chi connectivity index (χ0v) is 11.0. The highest BCUT2D eigenvalue weighted by Gasteiger charge is 2.17. The van der Waals surface area contributed by atoms with Crippen molar-refractivity contribution in [3.8, 4) is 0 Å². The molecule has 0 fully saturated rings. The average Bonchev–Trinajstić information content (AvgIpc) is 2.39. The van der Waals surface area contributed by atoms with Gasteiger partial charge in [-0.15, -0.1) is 0 Å². The van der Waals surface area contributed by atoms with E-state index < -0.39 is 7.12 Å². The monoisotopic (exact) mass is 250 g/mol. The Kier molecular flexibility index (Phi) is 2.81. The van der Waals surface area contributed by atoms with E-state index in [1.807, 2.05) is 37.3 Å². The standard InChI is InChI=1S/C16H15BO2/c1-10-7-14-13-6-4-3-5-12(13)9-16(17(18)19)15(14)8-11(10)2/h3-9,18-19H,1-2H3. The fraction of sp³-hybridized carbons (Fsp3) is 0.125. The van der Waals surface area contributed by atoms with Crippen molar-refractivity contribution in [2.24, 2.45) is 0 Å². The first-order chi connectivity index (χ1) is 9.08. The van der Waals surface area contributed by atoms with Crippen molar-refractivity contribution in [1.82, 2.24) is 0 Å². The number of hydrogen-bond donors (Lipinski definition) is 2. The maximum absolute atomic E-state index is 9.60. The lowest BCUT2D eigenvalue weighted by atomic mass is 9.75. The van der Waals surface area contributed by atoms with Crippen LogP contribution in [0.3, 0.4) is 0 Å². The molecule has 0 spiro atoms. The molecule has 0 saturated carbocycles. The van der Waals surface area contributed by atoms with E-state index in [0.717, 1.165) is 27.1 Å². The minimum atomic E-state index is -1.45. The maximum atomic E-state index is 9.60. The zero-order valence-electron chi connectivity index (χ0n) is 11.0. The van der Waals surface area contributed by atoms with Gasteiger partial charge in [0.05, 0.1) is 0 Å². The molecule has 0 amide bonds. The summed E-state index contributed by atoms with van der Waals surface area (Å²) >= 11 is 0. The average molecular weight is 250 g/mol. The highest BCUT2D eigenvalue weighted by atomic mass is 16.4. The Morgan fingerprint density at radius 1 is 0.789 bits per heavy atom. The number of benzene rings is 3. The van der Waals surface area contributed by atoms with Crippen LogP contribution >= 0.6 is 0 Å². The summed E-state index contributed by atoms with van der Waals surface area (Å²) in [6.45, 7) is 4.11. The molecule has 0 atom stereocenters. The summed E-state index contributed by atoms with van der Waals surface area (Å²) in [4.78, 5) is 0. The fourth-order valence-corrected chi connectivity index (χ4v) is 2.60. The second-order valence-electron chi connectivity index (χ2n) is 5.04. The fourth-order valence-electron chi connectivity index (χ4n) is 2.60. The number of rotatable bonds is 1. The van der Waals surface area contributed by atoms with Crippen molar-refractivity contribution in [2.75, 3.05) is 0 Å². The van der Waals surface area contributed by atoms with Gasteiger partial charge in [-0.05, 0) is 52.0 Å². The van der Waals surface area contributed by atoms with Crippen molar-refractivity contribution in [2.45, 2.75) is 13.8 Å². The Balaban J connectivity index is 2.56. The Hall–Kier alpha value is -1.84. The van der Waals surface area contributed by atoms with Crippen LogP contribution in [0.25, 0.3) is 21.5 Å². The van der Waals surface area contributed by atoms with Gasteiger partial charge in [0.25, 0.3) is 0 Å².